The molecule has 0 bridgehead atoms. The molecule has 5 rings (SSSR count). The van der Waals surface area contributed by atoms with Gasteiger partial charge in [0, 0.05) is 34.3 Å². The molecule has 0 spiro atoms. The molecule has 0 amide bonds. The van der Waals surface area contributed by atoms with E-state index in [1.807, 2.05) is 31.2 Å². The van der Waals surface area contributed by atoms with Gasteiger partial charge in [0.05, 0.1) is 12.6 Å². The topological polar surface area (TPSA) is 72.0 Å². The Morgan fingerprint density at radius 3 is 2.15 bits per heavy atom. The summed E-state index contributed by atoms with van der Waals surface area (Å²) in [5.41, 5.74) is 7.45. The Morgan fingerprint density at radius 1 is 0.794 bits per heavy atom. The Morgan fingerprint density at radius 2 is 1.50 bits per heavy atom. The highest BCUT2D eigenvalue weighted by Gasteiger charge is 2.07. The van der Waals surface area contributed by atoms with E-state index in [0.717, 1.165) is 51.6 Å². The van der Waals surface area contributed by atoms with Crippen molar-refractivity contribution in [1.82, 2.24) is 15.0 Å². The van der Waals surface area contributed by atoms with Crippen molar-refractivity contribution in [3.8, 4) is 5.75 Å². The van der Waals surface area contributed by atoms with E-state index in [-0.39, 0.29) is 0 Å². The maximum atomic E-state index is 5.40. The van der Waals surface area contributed by atoms with Crippen molar-refractivity contribution in [3.05, 3.63) is 108 Å². The molecule has 3 aromatic carbocycles. The van der Waals surface area contributed by atoms with Gasteiger partial charge in [-0.2, -0.15) is 0 Å². The van der Waals surface area contributed by atoms with Gasteiger partial charge in [0.2, 0.25) is 0 Å². The van der Waals surface area contributed by atoms with E-state index in [4.69, 9.17) is 4.74 Å². The van der Waals surface area contributed by atoms with Crippen LogP contribution in [0.2, 0.25) is 0 Å². The van der Waals surface area contributed by atoms with Gasteiger partial charge in [-0.3, -0.25) is 4.98 Å². The second-order valence-corrected chi connectivity index (χ2v) is 8.11. The Labute approximate surface area is 198 Å². The summed E-state index contributed by atoms with van der Waals surface area (Å²) in [6.45, 7) is 2.01. The van der Waals surface area contributed by atoms with Gasteiger partial charge in [0.25, 0.3) is 0 Å². The standard InChI is InChI=1S/C28H25N5O/c1-19-15-27(25-17-24(34-2)11-12-26(25)31-19)32-22-7-3-20(4-8-22)16-21-5-9-23(10-6-21)33-28-13-14-29-18-30-28/h3-15,17-18H,16H2,1-2H3,(H,31,32)(H,29,30,33). The maximum absolute atomic E-state index is 5.40. The fourth-order valence-corrected chi connectivity index (χ4v) is 3.88. The van der Waals surface area contributed by atoms with Crippen molar-refractivity contribution < 1.29 is 4.74 Å². The molecule has 0 saturated carbocycles. The van der Waals surface area contributed by atoms with Gasteiger partial charge in [-0.1, -0.05) is 24.3 Å². The number of ether oxygens (including phenoxy) is 1. The number of aryl methyl sites for hydroxylation is 1. The molecule has 34 heavy (non-hydrogen) atoms. The van der Waals surface area contributed by atoms with Crippen LogP contribution in [0, 0.1) is 6.92 Å². The third kappa shape index (κ3) is 4.96. The summed E-state index contributed by atoms with van der Waals surface area (Å²) in [6.07, 6.45) is 4.12. The number of fused-ring (bicyclic) bond motifs is 1. The molecule has 0 fully saturated rings. The normalized spacial score (nSPS) is 10.8. The van der Waals surface area contributed by atoms with Gasteiger partial charge in [-0.05, 0) is 79.1 Å². The van der Waals surface area contributed by atoms with Crippen LogP contribution in [-0.4, -0.2) is 22.1 Å². The van der Waals surface area contributed by atoms with E-state index in [1.165, 1.54) is 17.5 Å². The molecule has 2 aromatic heterocycles. The number of aromatic nitrogens is 3. The molecule has 168 valence electrons. The minimum absolute atomic E-state index is 0.779. The lowest BCUT2D eigenvalue weighted by molar-refractivity contribution is 0.415. The van der Waals surface area contributed by atoms with E-state index in [0.29, 0.717) is 0 Å². The molecule has 6 nitrogen and oxygen atoms in total. The van der Waals surface area contributed by atoms with E-state index >= 15 is 0 Å². The number of hydrogen-bond donors (Lipinski definition) is 2. The molecule has 0 aliphatic carbocycles. The molecule has 0 unspecified atom stereocenters. The zero-order chi connectivity index (χ0) is 23.3. The van der Waals surface area contributed by atoms with Crippen LogP contribution in [0.15, 0.2) is 91.4 Å². The van der Waals surface area contributed by atoms with Crippen LogP contribution < -0.4 is 15.4 Å². The fraction of sp³-hybridized carbons (Fsp3) is 0.107. The van der Waals surface area contributed by atoms with E-state index in [9.17, 15) is 0 Å². The molecule has 0 aliphatic heterocycles. The van der Waals surface area contributed by atoms with Crippen molar-refractivity contribution in [2.45, 2.75) is 13.3 Å². The van der Waals surface area contributed by atoms with E-state index in [2.05, 4.69) is 80.2 Å². The van der Waals surface area contributed by atoms with Gasteiger partial charge in [-0.25, -0.2) is 9.97 Å². The zero-order valence-electron chi connectivity index (χ0n) is 19.1. The predicted octanol–water partition coefficient (Wildman–Crippen LogP) is 6.42. The van der Waals surface area contributed by atoms with Crippen LogP contribution in [0.4, 0.5) is 22.9 Å². The average molecular weight is 448 g/mol. The number of methoxy groups -OCH3 is 1. The lowest BCUT2D eigenvalue weighted by Gasteiger charge is -2.12. The van der Waals surface area contributed by atoms with Crippen LogP contribution in [0.1, 0.15) is 16.8 Å². The Hall–Kier alpha value is -4.45. The van der Waals surface area contributed by atoms with Crippen LogP contribution in [0.25, 0.3) is 10.9 Å². The summed E-state index contributed by atoms with van der Waals surface area (Å²) in [4.78, 5) is 12.8. The molecule has 2 N–H and O–H groups in total. The molecule has 0 atom stereocenters. The van der Waals surface area contributed by atoms with Crippen molar-refractivity contribution in [2.24, 2.45) is 0 Å². The number of hydrogen-bond acceptors (Lipinski definition) is 6. The lowest BCUT2D eigenvalue weighted by Crippen LogP contribution is -1.96. The smallest absolute Gasteiger partial charge is 0.133 e. The highest BCUT2D eigenvalue weighted by atomic mass is 16.5. The van der Waals surface area contributed by atoms with Gasteiger partial charge >= 0.3 is 0 Å². The largest absolute Gasteiger partial charge is 0.497 e. The minimum atomic E-state index is 0.779. The summed E-state index contributed by atoms with van der Waals surface area (Å²) in [7, 11) is 1.68. The summed E-state index contributed by atoms with van der Waals surface area (Å²) >= 11 is 0. The zero-order valence-corrected chi connectivity index (χ0v) is 19.1. The molecule has 0 radical (unpaired) electrons. The number of nitrogens with one attached hydrogen (secondary N) is 2. The van der Waals surface area contributed by atoms with Gasteiger partial charge < -0.3 is 15.4 Å². The number of anilines is 4. The van der Waals surface area contributed by atoms with Crippen molar-refractivity contribution >= 4 is 33.8 Å². The number of nitrogens with zero attached hydrogens (tertiary/aromatic N) is 3. The SMILES string of the molecule is COc1ccc2nc(C)cc(Nc3ccc(Cc4ccc(Nc5ccncn5)cc4)cc3)c2c1. The molecule has 6 heteroatoms. The molecular weight excluding hydrogens is 422 g/mol. The van der Waals surface area contributed by atoms with Gasteiger partial charge in [0.15, 0.2) is 0 Å². The Kier molecular flexibility index (Phi) is 6.03. The molecule has 0 aliphatic rings. The number of benzene rings is 3. The number of rotatable bonds is 7. The average Bonchev–Trinajstić information content (AvgIpc) is 2.87. The van der Waals surface area contributed by atoms with Crippen molar-refractivity contribution in [1.29, 1.82) is 0 Å². The molecule has 0 saturated heterocycles. The summed E-state index contributed by atoms with van der Waals surface area (Å²) < 4.78 is 5.40. The summed E-state index contributed by atoms with van der Waals surface area (Å²) in [6, 6.07) is 26.8. The predicted molar refractivity (Wildman–Crippen MR) is 137 cm³/mol. The summed E-state index contributed by atoms with van der Waals surface area (Å²) in [5.74, 6) is 1.59. The lowest BCUT2D eigenvalue weighted by atomic mass is 10.0. The van der Waals surface area contributed by atoms with Crippen LogP contribution >= 0.6 is 0 Å². The van der Waals surface area contributed by atoms with Gasteiger partial charge in [-0.15, -0.1) is 0 Å². The van der Waals surface area contributed by atoms with Crippen molar-refractivity contribution in [3.63, 3.8) is 0 Å². The first-order valence-corrected chi connectivity index (χ1v) is 11.1. The quantitative estimate of drug-likeness (QED) is 0.300. The van der Waals surface area contributed by atoms with Crippen molar-refractivity contribution in [2.75, 3.05) is 17.7 Å². The first-order valence-electron chi connectivity index (χ1n) is 11.1. The monoisotopic (exact) mass is 447 g/mol. The molecule has 5 aromatic rings. The first-order chi connectivity index (χ1) is 16.7. The third-order valence-electron chi connectivity index (χ3n) is 5.59. The van der Waals surface area contributed by atoms with E-state index < -0.39 is 0 Å². The van der Waals surface area contributed by atoms with Crippen LogP contribution in [0.3, 0.4) is 0 Å². The fourth-order valence-electron chi connectivity index (χ4n) is 3.88. The van der Waals surface area contributed by atoms with Gasteiger partial charge in [0.1, 0.15) is 17.9 Å². The molecular formula is C28H25N5O. The van der Waals surface area contributed by atoms with Crippen LogP contribution in [0.5, 0.6) is 5.75 Å². The second kappa shape index (κ2) is 9.58. The second-order valence-electron chi connectivity index (χ2n) is 8.11. The third-order valence-corrected chi connectivity index (χ3v) is 5.59. The first kappa shape index (κ1) is 21.4. The summed E-state index contributed by atoms with van der Waals surface area (Å²) in [5, 5.41) is 7.86. The van der Waals surface area contributed by atoms with Crippen LogP contribution in [-0.2, 0) is 6.42 Å². The molecule has 2 heterocycles. The minimum Gasteiger partial charge on any atom is -0.497 e. The highest BCUT2D eigenvalue weighted by Crippen LogP contribution is 2.30. The Bertz CT molecular complexity index is 1400. The number of pyridine rings is 1. The maximum Gasteiger partial charge on any atom is 0.133 e. The van der Waals surface area contributed by atoms with E-state index in [1.54, 1.807) is 13.3 Å². The Balaban J connectivity index is 1.28. The highest BCUT2D eigenvalue weighted by molar-refractivity contribution is 5.94.